The number of carbonyl (C=O) groups is 1. The number of benzene rings is 2. The molecule has 3 aromatic rings. The third-order valence-electron chi connectivity index (χ3n) is 5.26. The Bertz CT molecular complexity index is 1120. The number of fused-ring (bicyclic) bond motifs is 1. The number of halogens is 1. The van der Waals surface area contributed by atoms with Gasteiger partial charge in [0.05, 0.1) is 13.2 Å². The second-order valence-corrected chi connectivity index (χ2v) is 7.66. The first-order chi connectivity index (χ1) is 14.5. The number of methoxy groups -OCH3 is 1. The van der Waals surface area contributed by atoms with Crippen LogP contribution >= 0.6 is 0 Å². The number of aromatic amines is 1. The topological polar surface area (TPSA) is 54.6 Å². The molecule has 2 heterocycles. The average molecular weight is 408 g/mol. The Hall–Kier alpha value is -3.28. The molecular weight excluding hydrogens is 383 g/mol. The lowest BCUT2D eigenvalue weighted by atomic mass is 9.98. The van der Waals surface area contributed by atoms with Gasteiger partial charge < -0.3 is 19.4 Å². The number of hydrogen-bond acceptors (Lipinski definition) is 3. The lowest BCUT2D eigenvalue weighted by molar-refractivity contribution is 0.0772. The van der Waals surface area contributed by atoms with Crippen molar-refractivity contribution < 1.29 is 18.7 Å². The van der Waals surface area contributed by atoms with Gasteiger partial charge >= 0.3 is 0 Å². The van der Waals surface area contributed by atoms with Crippen LogP contribution in [0.4, 0.5) is 4.39 Å². The summed E-state index contributed by atoms with van der Waals surface area (Å²) in [6.45, 7) is 5.03. The highest BCUT2D eigenvalue weighted by Gasteiger charge is 2.22. The molecule has 1 amide bonds. The van der Waals surface area contributed by atoms with E-state index in [9.17, 15) is 9.18 Å². The van der Waals surface area contributed by atoms with Crippen molar-refractivity contribution in [1.82, 2.24) is 9.88 Å². The van der Waals surface area contributed by atoms with Crippen molar-refractivity contribution in [2.75, 3.05) is 20.2 Å². The van der Waals surface area contributed by atoms with E-state index in [-0.39, 0.29) is 17.8 Å². The lowest BCUT2D eigenvalue weighted by Gasteiger charge is -2.27. The molecule has 1 aliphatic rings. The van der Waals surface area contributed by atoms with E-state index in [0.717, 1.165) is 28.5 Å². The van der Waals surface area contributed by atoms with Gasteiger partial charge in [-0.25, -0.2) is 4.39 Å². The summed E-state index contributed by atoms with van der Waals surface area (Å²) in [5.74, 6) is 0.876. The van der Waals surface area contributed by atoms with E-state index in [2.05, 4.69) is 11.1 Å². The molecule has 6 heteroatoms. The number of ether oxygens (including phenoxy) is 2. The van der Waals surface area contributed by atoms with Crippen molar-refractivity contribution in [3.05, 3.63) is 65.6 Å². The number of hydrogen-bond donors (Lipinski definition) is 1. The number of amides is 1. The maximum Gasteiger partial charge on any atom is 0.254 e. The van der Waals surface area contributed by atoms with E-state index < -0.39 is 0 Å². The van der Waals surface area contributed by atoms with Crippen LogP contribution in [0.1, 0.15) is 36.2 Å². The molecule has 0 fully saturated rings. The molecule has 1 N–H and O–H groups in total. The predicted octanol–water partition coefficient (Wildman–Crippen LogP) is 5.03. The molecule has 2 aromatic carbocycles. The van der Waals surface area contributed by atoms with Crippen molar-refractivity contribution in [3.8, 4) is 11.5 Å². The van der Waals surface area contributed by atoms with E-state index in [4.69, 9.17) is 9.47 Å². The molecular formula is C24H25FN2O3. The van der Waals surface area contributed by atoms with Crippen LogP contribution in [0.25, 0.3) is 16.5 Å². The molecule has 1 aliphatic heterocycles. The van der Waals surface area contributed by atoms with Crippen LogP contribution < -0.4 is 9.47 Å². The highest BCUT2D eigenvalue weighted by molar-refractivity contribution is 5.96. The molecule has 0 unspecified atom stereocenters. The molecule has 4 rings (SSSR count). The molecule has 0 bridgehead atoms. The Balaban J connectivity index is 1.51. The minimum absolute atomic E-state index is 0.0205. The second-order valence-electron chi connectivity index (χ2n) is 7.66. The summed E-state index contributed by atoms with van der Waals surface area (Å²) in [5.41, 5.74) is 3.58. The average Bonchev–Trinajstić information content (AvgIpc) is 3.16. The number of aromatic nitrogens is 1. The van der Waals surface area contributed by atoms with Gasteiger partial charge in [-0.05, 0) is 62.2 Å². The maximum absolute atomic E-state index is 13.4. The molecule has 30 heavy (non-hydrogen) atoms. The standard InChI is InChI=1S/C24H25FN2O3/c1-15(2)30-22-7-4-17(12-23(22)29-3)24(28)27-10-8-16(9-11-27)20-14-26-21-13-18(25)5-6-19(20)21/h4-8,12-15,26H,9-11H2,1-3H3. The van der Waals surface area contributed by atoms with Gasteiger partial charge in [-0.15, -0.1) is 0 Å². The third kappa shape index (κ3) is 3.90. The second kappa shape index (κ2) is 8.22. The van der Waals surface area contributed by atoms with Crippen LogP contribution in [0, 0.1) is 5.82 Å². The summed E-state index contributed by atoms with van der Waals surface area (Å²) < 4.78 is 24.6. The highest BCUT2D eigenvalue weighted by Crippen LogP contribution is 2.32. The molecule has 0 spiro atoms. The van der Waals surface area contributed by atoms with Crippen LogP contribution in [-0.2, 0) is 0 Å². The largest absolute Gasteiger partial charge is 0.493 e. The van der Waals surface area contributed by atoms with E-state index in [0.29, 0.717) is 30.2 Å². The van der Waals surface area contributed by atoms with Gasteiger partial charge in [0.1, 0.15) is 5.82 Å². The molecule has 5 nitrogen and oxygen atoms in total. The van der Waals surface area contributed by atoms with E-state index in [1.807, 2.05) is 24.9 Å². The summed E-state index contributed by atoms with van der Waals surface area (Å²) in [5, 5.41) is 0.993. The summed E-state index contributed by atoms with van der Waals surface area (Å²) in [7, 11) is 1.57. The first-order valence-corrected chi connectivity index (χ1v) is 10.1. The Morgan fingerprint density at radius 2 is 2.00 bits per heavy atom. The molecule has 156 valence electrons. The lowest BCUT2D eigenvalue weighted by Crippen LogP contribution is -2.34. The zero-order valence-corrected chi connectivity index (χ0v) is 17.4. The summed E-state index contributed by atoms with van der Waals surface area (Å²) >= 11 is 0. The Kier molecular flexibility index (Phi) is 5.48. The van der Waals surface area contributed by atoms with Crippen molar-refractivity contribution in [2.45, 2.75) is 26.4 Å². The Morgan fingerprint density at radius 1 is 1.17 bits per heavy atom. The summed E-state index contributed by atoms with van der Waals surface area (Å²) in [4.78, 5) is 17.9. The van der Waals surface area contributed by atoms with Gasteiger partial charge in [0.15, 0.2) is 11.5 Å². The van der Waals surface area contributed by atoms with Crippen LogP contribution in [0.5, 0.6) is 11.5 Å². The minimum Gasteiger partial charge on any atom is -0.493 e. The van der Waals surface area contributed by atoms with Gasteiger partial charge in [0.25, 0.3) is 5.91 Å². The predicted molar refractivity (Wildman–Crippen MR) is 116 cm³/mol. The van der Waals surface area contributed by atoms with Crippen molar-refractivity contribution in [3.63, 3.8) is 0 Å². The van der Waals surface area contributed by atoms with E-state index in [1.54, 1.807) is 31.4 Å². The zero-order valence-electron chi connectivity index (χ0n) is 17.4. The SMILES string of the molecule is COc1cc(C(=O)N2CC=C(c3c[nH]c4cc(F)ccc34)CC2)ccc1OC(C)C. The normalized spacial score (nSPS) is 14.2. The van der Waals surface area contributed by atoms with Crippen LogP contribution in [0.2, 0.25) is 0 Å². The minimum atomic E-state index is -0.259. The Labute approximate surface area is 175 Å². The fraction of sp³-hybridized carbons (Fsp3) is 0.292. The molecule has 0 saturated carbocycles. The fourth-order valence-corrected chi connectivity index (χ4v) is 3.80. The van der Waals surface area contributed by atoms with Crippen molar-refractivity contribution >= 4 is 22.4 Å². The Morgan fingerprint density at radius 3 is 2.70 bits per heavy atom. The number of H-pyrrole nitrogens is 1. The van der Waals surface area contributed by atoms with Gasteiger partial charge in [-0.3, -0.25) is 4.79 Å². The molecule has 0 atom stereocenters. The summed E-state index contributed by atoms with van der Waals surface area (Å²) in [6.07, 6.45) is 4.74. The van der Waals surface area contributed by atoms with Crippen LogP contribution in [0.3, 0.4) is 0 Å². The molecule has 0 aliphatic carbocycles. The number of nitrogens with one attached hydrogen (secondary N) is 1. The third-order valence-corrected chi connectivity index (χ3v) is 5.26. The summed E-state index contributed by atoms with van der Waals surface area (Å²) in [6, 6.07) is 10.0. The first-order valence-electron chi connectivity index (χ1n) is 10.1. The fourth-order valence-electron chi connectivity index (χ4n) is 3.80. The van der Waals surface area contributed by atoms with Crippen molar-refractivity contribution in [2.24, 2.45) is 0 Å². The van der Waals surface area contributed by atoms with E-state index in [1.165, 1.54) is 12.1 Å². The zero-order chi connectivity index (χ0) is 21.3. The quantitative estimate of drug-likeness (QED) is 0.644. The van der Waals surface area contributed by atoms with Gasteiger partial charge in [-0.2, -0.15) is 0 Å². The maximum atomic E-state index is 13.4. The van der Waals surface area contributed by atoms with Gasteiger partial charge in [0.2, 0.25) is 0 Å². The number of rotatable bonds is 5. The molecule has 1 aromatic heterocycles. The first kappa shape index (κ1) is 20.0. The van der Waals surface area contributed by atoms with Crippen LogP contribution in [0.15, 0.2) is 48.7 Å². The van der Waals surface area contributed by atoms with Gasteiger partial charge in [0, 0.05) is 41.3 Å². The number of nitrogens with zero attached hydrogens (tertiary/aromatic N) is 1. The monoisotopic (exact) mass is 408 g/mol. The van der Waals surface area contributed by atoms with Crippen LogP contribution in [-0.4, -0.2) is 42.1 Å². The van der Waals surface area contributed by atoms with Crippen molar-refractivity contribution in [1.29, 1.82) is 0 Å². The molecule has 0 radical (unpaired) electrons. The smallest absolute Gasteiger partial charge is 0.254 e. The highest BCUT2D eigenvalue weighted by atomic mass is 19.1. The number of carbonyl (C=O) groups excluding carboxylic acids is 1. The van der Waals surface area contributed by atoms with E-state index >= 15 is 0 Å². The van der Waals surface area contributed by atoms with Gasteiger partial charge in [-0.1, -0.05) is 6.08 Å². The molecule has 0 saturated heterocycles.